The zero-order chi connectivity index (χ0) is 53.4. The van der Waals surface area contributed by atoms with Gasteiger partial charge >= 0.3 is 54.7 Å². The Labute approximate surface area is 422 Å². The molecule has 0 heterocycles. The lowest BCUT2D eigenvalue weighted by atomic mass is 9.80. The molecule has 0 aliphatic heterocycles. The number of carboxylic acids is 2. The summed E-state index contributed by atoms with van der Waals surface area (Å²) in [6, 6.07) is 21.0. The smallest absolute Gasteiger partial charge is 0.479 e. The summed E-state index contributed by atoms with van der Waals surface area (Å²) in [6.07, 6.45) is -3.43. The van der Waals surface area contributed by atoms with Gasteiger partial charge in [-0.2, -0.15) is 0 Å². The van der Waals surface area contributed by atoms with Crippen molar-refractivity contribution in [3.63, 3.8) is 0 Å². The van der Waals surface area contributed by atoms with Crippen LogP contribution in [-0.4, -0.2) is 135 Å². The Morgan fingerprint density at radius 2 is 1.15 bits per heavy atom. The fourth-order valence-corrected chi connectivity index (χ4v) is 5.99. The van der Waals surface area contributed by atoms with Gasteiger partial charge in [0.1, 0.15) is 11.6 Å². The zero-order valence-electron chi connectivity index (χ0n) is 37.7. The third-order valence-corrected chi connectivity index (χ3v) is 9.57. The van der Waals surface area contributed by atoms with Crippen LogP contribution in [0.25, 0.3) is 11.1 Å². The Kier molecular flexibility index (Phi) is 26.4. The monoisotopic (exact) mass is 1100 g/mol. The number of rotatable bonds is 18. The molecule has 21 nitrogen and oxygen atoms in total. The number of ether oxygens (including phenoxy) is 4. The number of carbonyl (C=O) groups is 8. The molecule has 2 atom stereocenters. The molecule has 4 aromatic carbocycles. The number of aliphatic carboxylic acids is 2. The van der Waals surface area contributed by atoms with Gasteiger partial charge in [0.25, 0.3) is 0 Å². The highest BCUT2D eigenvalue weighted by Gasteiger charge is 2.32. The molecule has 0 unspecified atom stereocenters. The van der Waals surface area contributed by atoms with Crippen molar-refractivity contribution in [3.05, 3.63) is 122 Å². The van der Waals surface area contributed by atoms with E-state index in [0.29, 0.717) is 21.7 Å². The van der Waals surface area contributed by atoms with Crippen molar-refractivity contribution in [1.82, 2.24) is 20.9 Å². The van der Waals surface area contributed by atoms with Crippen molar-refractivity contribution in [2.45, 2.75) is 46.1 Å². The van der Waals surface area contributed by atoms with E-state index in [-0.39, 0.29) is 49.0 Å². The van der Waals surface area contributed by atoms with E-state index in [1.54, 1.807) is 55.5 Å². The predicted molar refractivity (Wildman–Crippen MR) is 250 cm³/mol. The molecule has 7 N–H and O–H groups in total. The number of hydrogen-bond donors (Lipinski definition) is 7. The highest BCUT2D eigenvalue weighted by atomic mass is 79.9. The number of aliphatic hydroxyl groups is 1. The number of aliphatic hydroxyl groups excluding tert-OH is 1. The molecular formula is C44H46BBrCl2F2N4O17. The highest BCUT2D eigenvalue weighted by molar-refractivity contribution is 9.10. The van der Waals surface area contributed by atoms with Crippen LogP contribution < -0.4 is 16.3 Å². The van der Waals surface area contributed by atoms with Crippen LogP contribution in [0.15, 0.2) is 89.4 Å². The molecule has 0 radical (unpaired) electrons. The van der Waals surface area contributed by atoms with Crippen LogP contribution in [0.3, 0.4) is 0 Å². The number of hydrogen-bond acceptors (Lipinski definition) is 17. The lowest BCUT2D eigenvalue weighted by Gasteiger charge is -2.26. The van der Waals surface area contributed by atoms with Crippen molar-refractivity contribution in [3.8, 4) is 11.1 Å². The third-order valence-electron chi connectivity index (χ3n) is 8.57. The summed E-state index contributed by atoms with van der Waals surface area (Å²) >= 11 is 14.7. The lowest BCUT2D eigenvalue weighted by molar-refractivity contribution is -0.179. The molecule has 4 rings (SSSR count). The topological polar surface area (TPSA) is 305 Å². The maximum Gasteiger partial charge on any atom is 0.491 e. The normalized spacial score (nSPS) is 11.3. The van der Waals surface area contributed by atoms with Gasteiger partial charge in [0, 0.05) is 38.6 Å². The van der Waals surface area contributed by atoms with Gasteiger partial charge < -0.3 is 44.3 Å². The average molecular weight is 1100 g/mol. The van der Waals surface area contributed by atoms with Crippen LogP contribution in [-0.2, 0) is 70.4 Å². The van der Waals surface area contributed by atoms with Crippen molar-refractivity contribution in [1.29, 1.82) is 0 Å². The van der Waals surface area contributed by atoms with Gasteiger partial charge in [-0.25, -0.2) is 47.6 Å². The number of esters is 4. The van der Waals surface area contributed by atoms with Crippen LogP contribution in [0.4, 0.5) is 8.78 Å². The lowest BCUT2D eigenvalue weighted by Crippen LogP contribution is -2.51. The quantitative estimate of drug-likeness (QED) is 0.0248. The Bertz CT molecular complexity index is 2480. The van der Waals surface area contributed by atoms with Crippen LogP contribution in [0.1, 0.15) is 31.9 Å². The van der Waals surface area contributed by atoms with Gasteiger partial charge in [-0.15, -0.1) is 0 Å². The number of amides is 2. The van der Waals surface area contributed by atoms with Gasteiger partial charge in [0.05, 0.1) is 32.9 Å². The standard InChI is InChI=1S/C20H25BrN2O9.C18H16ClFN2O6.C6H5BClFO2/c1-4-29-17(25)15(32-20(28)19(27)31-6-3)12-23(22-16(24)18(26)30-5-2)11-13-7-9-14(21)10-8-13;19-12-5-6-14(20)13(7-12)11-3-1-10(2-4-11)8-22(9-15(23)17(25)26)21-16(24)18(27)28;8-4-1-2-6(9)5(3-4)7(10)11/h7-10,15H,4-6,11-12H2,1-3H3,(H,22,24);1-7,15,23H,8-9H2,(H,21,24)(H,25,26)(H,27,28);1-3,10-11H/t2*15-;/m11./s1. The van der Waals surface area contributed by atoms with Gasteiger partial charge in [-0.05, 0) is 86.0 Å². The molecule has 27 heteroatoms. The van der Waals surface area contributed by atoms with Crippen LogP contribution in [0.2, 0.25) is 10.0 Å². The second kappa shape index (κ2) is 30.9. The minimum absolute atomic E-state index is 0.0123. The Morgan fingerprint density at radius 1 is 0.662 bits per heavy atom. The first-order chi connectivity index (χ1) is 33.5. The Hall–Kier alpha value is -6.58. The minimum atomic E-state index is -1.84. The molecule has 0 bridgehead atoms. The molecule has 0 saturated carbocycles. The summed E-state index contributed by atoms with van der Waals surface area (Å²) in [5.41, 5.74) is 6.18. The van der Waals surface area contributed by atoms with Gasteiger partial charge in [0.2, 0.25) is 6.10 Å². The van der Waals surface area contributed by atoms with E-state index in [2.05, 4.69) is 30.8 Å². The van der Waals surface area contributed by atoms with Crippen LogP contribution in [0.5, 0.6) is 0 Å². The fourth-order valence-electron chi connectivity index (χ4n) is 5.38. The summed E-state index contributed by atoms with van der Waals surface area (Å²) in [4.78, 5) is 92.7. The number of hydrazine groups is 2. The third kappa shape index (κ3) is 21.9. The summed E-state index contributed by atoms with van der Waals surface area (Å²) in [5, 5.41) is 46.9. The maximum absolute atomic E-state index is 14.0. The molecular weight excluding hydrogens is 1060 g/mol. The average Bonchev–Trinajstić information content (AvgIpc) is 3.31. The largest absolute Gasteiger partial charge is 0.491 e. The maximum atomic E-state index is 14.0. The molecule has 382 valence electrons. The van der Waals surface area contributed by atoms with E-state index in [9.17, 15) is 52.2 Å². The van der Waals surface area contributed by atoms with Crippen molar-refractivity contribution >= 4 is 99.3 Å². The number of carboxylic acid groups (broad SMARTS) is 2. The van der Waals surface area contributed by atoms with Crippen molar-refractivity contribution < 1.29 is 91.5 Å². The number of benzene rings is 4. The van der Waals surface area contributed by atoms with Gasteiger partial charge in [-0.3, -0.25) is 20.4 Å². The second-order valence-electron chi connectivity index (χ2n) is 13.9. The summed E-state index contributed by atoms with van der Waals surface area (Å²) in [6.45, 7) is 3.44. The molecule has 71 heavy (non-hydrogen) atoms. The highest BCUT2D eigenvalue weighted by Crippen LogP contribution is 2.26. The first-order valence-corrected chi connectivity index (χ1v) is 22.1. The predicted octanol–water partition coefficient (Wildman–Crippen LogP) is 2.55. The first-order valence-electron chi connectivity index (χ1n) is 20.6. The van der Waals surface area contributed by atoms with E-state index in [1.165, 1.54) is 49.2 Å². The van der Waals surface area contributed by atoms with Gasteiger partial charge in [-0.1, -0.05) is 75.5 Å². The number of halogens is 5. The van der Waals surface area contributed by atoms with Crippen LogP contribution in [0, 0.1) is 11.6 Å². The van der Waals surface area contributed by atoms with E-state index >= 15 is 0 Å². The molecule has 0 aromatic heterocycles. The van der Waals surface area contributed by atoms with Gasteiger partial charge in [0.15, 0.2) is 6.10 Å². The van der Waals surface area contributed by atoms with Crippen molar-refractivity contribution in [2.75, 3.05) is 32.9 Å². The molecule has 2 amide bonds. The second-order valence-corrected chi connectivity index (χ2v) is 15.7. The summed E-state index contributed by atoms with van der Waals surface area (Å²) in [7, 11) is -1.81. The Balaban J connectivity index is 0.000000403. The molecule has 4 aromatic rings. The van der Waals surface area contributed by atoms with E-state index in [4.69, 9.17) is 52.9 Å². The number of nitrogens with one attached hydrogen (secondary N) is 2. The SMILES string of the molecule is CCOC(=O)C(=O)NN(Cc1ccc(Br)cc1)C[C@@H](OC(=O)C(=O)OCC)C(=O)OCC.O=C(O)C(=O)NN(Cc1ccc(-c2cc(Cl)ccc2F)cc1)C[C@@H](O)C(=O)O.OB(O)c1cc(Cl)ccc1F. The number of carbonyl (C=O) groups excluding carboxylic acids is 6. The minimum Gasteiger partial charge on any atom is -0.479 e. The van der Waals surface area contributed by atoms with Crippen LogP contribution >= 0.6 is 39.1 Å². The summed E-state index contributed by atoms with van der Waals surface area (Å²) in [5.74, 6) is -11.7. The Morgan fingerprint density at radius 3 is 1.66 bits per heavy atom. The molecule has 0 spiro atoms. The number of nitrogens with zero attached hydrogens (tertiary/aromatic N) is 2. The van der Waals surface area contributed by atoms with E-state index in [0.717, 1.165) is 15.5 Å². The first kappa shape index (κ1) is 60.5. The van der Waals surface area contributed by atoms with E-state index < -0.39 is 91.7 Å². The van der Waals surface area contributed by atoms with E-state index in [1.807, 2.05) is 5.43 Å². The zero-order valence-corrected chi connectivity index (χ0v) is 40.8. The molecule has 0 fully saturated rings. The molecule has 0 aliphatic carbocycles. The molecule has 0 saturated heterocycles. The summed E-state index contributed by atoms with van der Waals surface area (Å²) < 4.78 is 46.5. The molecule has 0 aliphatic rings. The van der Waals surface area contributed by atoms with Crippen molar-refractivity contribution in [2.24, 2.45) is 0 Å². The fraction of sp³-hybridized carbons (Fsp3) is 0.273.